The molecule has 0 bridgehead atoms. The van der Waals surface area contributed by atoms with Crippen LogP contribution in [0.5, 0.6) is 0 Å². The van der Waals surface area contributed by atoms with E-state index in [0.29, 0.717) is 50.5 Å². The predicted molar refractivity (Wildman–Crippen MR) is 219 cm³/mol. The number of carboxylic acid groups (broad SMARTS) is 2. The van der Waals surface area contributed by atoms with Crippen molar-refractivity contribution in [1.82, 2.24) is 26.6 Å². The van der Waals surface area contributed by atoms with Gasteiger partial charge in [0.05, 0.1) is 37.2 Å². The van der Waals surface area contributed by atoms with Gasteiger partial charge in [-0.1, -0.05) is 13.3 Å². The van der Waals surface area contributed by atoms with Crippen molar-refractivity contribution in [3.8, 4) is 0 Å². The van der Waals surface area contributed by atoms with Crippen LogP contribution >= 0.6 is 11.8 Å². The lowest BCUT2D eigenvalue weighted by Crippen LogP contribution is -2.48. The third-order valence-corrected chi connectivity index (χ3v) is 11.6. The summed E-state index contributed by atoms with van der Waals surface area (Å²) < 4.78 is 20.9. The van der Waals surface area contributed by atoms with Crippen LogP contribution in [0.2, 0.25) is 0 Å². The Hall–Kier alpha value is -4.22. The summed E-state index contributed by atoms with van der Waals surface area (Å²) in [5, 5.41) is 32.2. The fraction of sp³-hybridized carbons (Fsp3) is 0.769. The van der Waals surface area contributed by atoms with Crippen LogP contribution in [0.15, 0.2) is 0 Å². The average Bonchev–Trinajstić information content (AvgIpc) is 3.76. The Balaban J connectivity index is 1.57. The number of amides is 5. The van der Waals surface area contributed by atoms with Crippen molar-refractivity contribution in [3.63, 3.8) is 0 Å². The minimum atomic E-state index is -1.88. The summed E-state index contributed by atoms with van der Waals surface area (Å²) in [5.74, 6) is -8.35. The maximum atomic E-state index is 13.1. The van der Waals surface area contributed by atoms with E-state index in [9.17, 15) is 48.3 Å². The van der Waals surface area contributed by atoms with E-state index in [1.165, 1.54) is 20.8 Å². The van der Waals surface area contributed by atoms with Gasteiger partial charge in [-0.15, -0.1) is 0 Å². The highest BCUT2D eigenvalue weighted by atomic mass is 32.2. The van der Waals surface area contributed by atoms with Gasteiger partial charge < -0.3 is 61.5 Å². The number of rotatable bonds is 35. The SMILES string of the molecule is C[C@H](CC(=O)[C@@H](CCCCN)NC(=O)[C@@H](CC(=O)[C@@H](C)NC(=O)CCOCOCOCOCCCC(=O)CCCC[C@H]1SC[C@H]2NC(=O)N[C@H]21)C(=O)O)C(=O)N[C@@H](C)C(=O)O. The number of urea groups is 1. The van der Waals surface area contributed by atoms with E-state index in [1.807, 2.05) is 11.8 Å². The lowest BCUT2D eigenvalue weighted by Gasteiger charge is -2.22. The third kappa shape index (κ3) is 20.9. The van der Waals surface area contributed by atoms with E-state index in [1.54, 1.807) is 0 Å². The molecule has 346 valence electrons. The second kappa shape index (κ2) is 29.1. The molecule has 0 unspecified atom stereocenters. The predicted octanol–water partition coefficient (Wildman–Crippen LogP) is 0.354. The Morgan fingerprint density at radius 1 is 0.738 bits per heavy atom. The normalized spacial score (nSPS) is 19.3. The molecular weight excluding hydrogens is 825 g/mol. The van der Waals surface area contributed by atoms with E-state index >= 15 is 0 Å². The van der Waals surface area contributed by atoms with E-state index in [-0.39, 0.29) is 70.1 Å². The van der Waals surface area contributed by atoms with Gasteiger partial charge in [-0.05, 0) is 58.9 Å². The lowest BCUT2D eigenvalue weighted by molar-refractivity contribution is -0.170. The first-order chi connectivity index (χ1) is 29.0. The summed E-state index contributed by atoms with van der Waals surface area (Å²) in [7, 11) is 0. The summed E-state index contributed by atoms with van der Waals surface area (Å²) in [6, 6.07) is -3.27. The van der Waals surface area contributed by atoms with Crippen LogP contribution in [-0.2, 0) is 57.3 Å². The van der Waals surface area contributed by atoms with E-state index < -0.39 is 77.6 Å². The summed E-state index contributed by atoms with van der Waals surface area (Å²) in [6.45, 7) is 4.15. The fourth-order valence-corrected chi connectivity index (χ4v) is 7.98. The Morgan fingerprint density at radius 3 is 2.08 bits per heavy atom. The van der Waals surface area contributed by atoms with Crippen molar-refractivity contribution in [3.05, 3.63) is 0 Å². The summed E-state index contributed by atoms with van der Waals surface area (Å²) in [5.41, 5.74) is 5.54. The van der Waals surface area contributed by atoms with Crippen LogP contribution in [-0.4, -0.2) is 145 Å². The number of unbranched alkanes of at least 4 members (excludes halogenated alkanes) is 2. The van der Waals surface area contributed by atoms with Gasteiger partial charge in [0.1, 0.15) is 31.3 Å². The Kier molecular flexibility index (Phi) is 25.3. The van der Waals surface area contributed by atoms with E-state index in [2.05, 4.69) is 26.6 Å². The van der Waals surface area contributed by atoms with Crippen LogP contribution in [0.25, 0.3) is 0 Å². The number of nitrogens with one attached hydrogen (secondary N) is 5. The number of ether oxygens (including phenoxy) is 4. The van der Waals surface area contributed by atoms with Gasteiger partial charge in [-0.25, -0.2) is 4.79 Å². The van der Waals surface area contributed by atoms with Crippen LogP contribution < -0.4 is 32.3 Å². The standard InChI is InChI=1S/C39H64N6O15S/c1-23(35(50)42-25(3)37(52)53)17-31(48)28(11-6-7-14-40)43-36(51)27(38(54)55)18-30(47)24(2)41-33(49)13-16-58-21-60-22-59-20-57-15-8-10-26(46)9-4-5-12-32-34-29(19-61-32)44-39(56)45-34/h23-25,27-29,32,34H,4-22,40H2,1-3H3,(H,41,49)(H,42,50)(H,43,51)(H,52,53)(H,54,55)(H2,44,45,56)/t23-,24-,25+,27-,28-,29-,32-,34-/m1/s1. The molecule has 22 heteroatoms. The molecule has 2 aliphatic rings. The fourth-order valence-electron chi connectivity index (χ4n) is 6.43. The topological polar surface area (TPSA) is 317 Å². The molecule has 0 saturated carbocycles. The van der Waals surface area contributed by atoms with Crippen LogP contribution in [0.4, 0.5) is 4.79 Å². The molecule has 61 heavy (non-hydrogen) atoms. The van der Waals surface area contributed by atoms with Crippen LogP contribution in [0, 0.1) is 11.8 Å². The molecule has 2 rings (SSSR count). The number of aliphatic carboxylic acids is 2. The number of thioether (sulfide) groups is 1. The minimum absolute atomic E-state index is 0.0522. The lowest BCUT2D eigenvalue weighted by atomic mass is 9.94. The maximum Gasteiger partial charge on any atom is 0.325 e. The Labute approximate surface area is 359 Å². The first-order valence-electron chi connectivity index (χ1n) is 20.7. The Morgan fingerprint density at radius 2 is 1.41 bits per heavy atom. The summed E-state index contributed by atoms with van der Waals surface area (Å²) in [4.78, 5) is 111. The molecule has 0 aromatic heterocycles. The maximum absolute atomic E-state index is 13.1. The number of carbonyl (C=O) groups excluding carboxylic acids is 7. The van der Waals surface area contributed by atoms with Crippen molar-refractivity contribution < 1.29 is 72.3 Å². The second-order valence-electron chi connectivity index (χ2n) is 15.2. The van der Waals surface area contributed by atoms with Crippen molar-refractivity contribution in [2.75, 3.05) is 45.9 Å². The minimum Gasteiger partial charge on any atom is -0.481 e. The highest BCUT2D eigenvalue weighted by Gasteiger charge is 2.42. The third-order valence-electron chi connectivity index (χ3n) is 10.1. The van der Waals surface area contributed by atoms with Gasteiger partial charge in [0.25, 0.3) is 0 Å². The molecule has 5 amide bonds. The molecule has 0 aromatic carbocycles. The average molecular weight is 889 g/mol. The molecule has 9 N–H and O–H groups in total. The number of hydrogen-bond donors (Lipinski definition) is 8. The molecule has 2 fully saturated rings. The molecule has 2 heterocycles. The monoisotopic (exact) mass is 888 g/mol. The van der Waals surface area contributed by atoms with Crippen LogP contribution in [0.1, 0.15) is 97.8 Å². The zero-order chi connectivity index (χ0) is 45.3. The van der Waals surface area contributed by atoms with Gasteiger partial charge in [-0.2, -0.15) is 11.8 Å². The number of carbonyl (C=O) groups is 9. The van der Waals surface area contributed by atoms with Crippen molar-refractivity contribution in [2.45, 2.75) is 133 Å². The Bertz CT molecular complexity index is 1490. The van der Waals surface area contributed by atoms with E-state index in [4.69, 9.17) is 29.8 Å². The highest BCUT2D eigenvalue weighted by molar-refractivity contribution is 8.00. The van der Waals surface area contributed by atoms with Gasteiger partial charge in [0.2, 0.25) is 17.7 Å². The van der Waals surface area contributed by atoms with Crippen molar-refractivity contribution in [1.29, 1.82) is 0 Å². The van der Waals surface area contributed by atoms with Crippen LogP contribution in [0.3, 0.4) is 0 Å². The number of Topliss-reactive ketones (excluding diaryl/α,β-unsaturated/α-hetero) is 3. The van der Waals surface area contributed by atoms with Gasteiger partial charge >= 0.3 is 18.0 Å². The first kappa shape index (κ1) is 52.9. The molecular formula is C39H64N6O15S. The van der Waals surface area contributed by atoms with Gasteiger partial charge in [-0.3, -0.25) is 38.4 Å². The van der Waals surface area contributed by atoms with Crippen molar-refractivity contribution >= 4 is 64.8 Å². The zero-order valence-corrected chi connectivity index (χ0v) is 36.1. The number of nitrogens with two attached hydrogens (primary N) is 1. The molecule has 0 radical (unpaired) electrons. The number of fused-ring (bicyclic) bond motifs is 1. The quantitative estimate of drug-likeness (QED) is 0.0184. The number of hydrogen-bond acceptors (Lipinski definition) is 15. The van der Waals surface area contributed by atoms with Crippen molar-refractivity contribution in [2.24, 2.45) is 17.6 Å². The summed E-state index contributed by atoms with van der Waals surface area (Å²) >= 11 is 1.86. The number of ketones is 3. The van der Waals surface area contributed by atoms with Gasteiger partial charge in [0.15, 0.2) is 18.4 Å². The second-order valence-corrected chi connectivity index (χ2v) is 16.4. The molecule has 21 nitrogen and oxygen atoms in total. The summed E-state index contributed by atoms with van der Waals surface area (Å²) in [6.07, 6.45) is 3.85. The molecule has 8 atom stereocenters. The zero-order valence-electron chi connectivity index (χ0n) is 35.2. The molecule has 2 aliphatic heterocycles. The largest absolute Gasteiger partial charge is 0.481 e. The molecule has 0 aromatic rings. The van der Waals surface area contributed by atoms with E-state index in [0.717, 1.165) is 25.0 Å². The molecule has 2 saturated heterocycles. The molecule has 0 aliphatic carbocycles. The first-order valence-corrected chi connectivity index (χ1v) is 21.7. The highest BCUT2D eigenvalue weighted by Crippen LogP contribution is 2.33. The molecule has 0 spiro atoms. The number of carboxylic acids is 2. The smallest absolute Gasteiger partial charge is 0.325 e. The van der Waals surface area contributed by atoms with Gasteiger partial charge in [0, 0.05) is 49.2 Å².